The molecule has 0 aliphatic carbocycles. The monoisotopic (exact) mass is 515 g/mol. The summed E-state index contributed by atoms with van der Waals surface area (Å²) in [5.41, 5.74) is 7.83. The van der Waals surface area contributed by atoms with Crippen LogP contribution in [0.4, 0.5) is 22.7 Å². The van der Waals surface area contributed by atoms with Crippen molar-refractivity contribution < 1.29 is 14.1 Å². The van der Waals surface area contributed by atoms with Crippen molar-refractivity contribution in [3.05, 3.63) is 126 Å². The van der Waals surface area contributed by atoms with E-state index in [4.69, 9.17) is 4.74 Å². The minimum atomic E-state index is -0.316. The summed E-state index contributed by atoms with van der Waals surface area (Å²) in [4.78, 5) is 15.5. The van der Waals surface area contributed by atoms with Gasteiger partial charge in [0.1, 0.15) is 6.54 Å². The SMILES string of the molecule is CCOC(=O)/C(=C\C1=[N+](CC)c2ccccc2C1(C)C)c1ccc(N(c2ccccc2)c2ccccc2)cc1. The number of carbonyl (C=O) groups is 1. The Balaban J connectivity index is 1.60. The number of rotatable bonds is 8. The van der Waals surface area contributed by atoms with Gasteiger partial charge in [-0.2, -0.15) is 4.58 Å². The number of para-hydroxylation sites is 3. The van der Waals surface area contributed by atoms with Crippen LogP contribution >= 0.6 is 0 Å². The fraction of sp³-hybridized carbons (Fsp3) is 0.200. The number of benzene rings is 4. The zero-order valence-corrected chi connectivity index (χ0v) is 23.1. The molecule has 4 aromatic rings. The van der Waals surface area contributed by atoms with Gasteiger partial charge >= 0.3 is 5.97 Å². The number of nitrogens with zero attached hydrogens (tertiary/aromatic N) is 2. The number of carbonyl (C=O) groups excluding carboxylic acids is 1. The van der Waals surface area contributed by atoms with E-state index in [1.807, 2.05) is 61.5 Å². The molecule has 4 heteroatoms. The number of hydrogen-bond donors (Lipinski definition) is 0. The molecular formula is C35H35N2O2+. The van der Waals surface area contributed by atoms with E-state index in [9.17, 15) is 4.79 Å². The van der Waals surface area contributed by atoms with Gasteiger partial charge in [0.2, 0.25) is 5.69 Å². The topological polar surface area (TPSA) is 32.6 Å². The van der Waals surface area contributed by atoms with Crippen LogP contribution in [-0.4, -0.2) is 29.4 Å². The second kappa shape index (κ2) is 11.1. The highest BCUT2D eigenvalue weighted by Gasteiger charge is 2.44. The van der Waals surface area contributed by atoms with Gasteiger partial charge in [0, 0.05) is 34.8 Å². The predicted octanol–water partition coefficient (Wildman–Crippen LogP) is 8.20. The van der Waals surface area contributed by atoms with Gasteiger partial charge in [0.05, 0.1) is 17.6 Å². The highest BCUT2D eigenvalue weighted by atomic mass is 16.5. The Labute approximate surface area is 231 Å². The van der Waals surface area contributed by atoms with E-state index < -0.39 is 0 Å². The molecule has 0 saturated carbocycles. The molecule has 0 radical (unpaired) electrons. The van der Waals surface area contributed by atoms with Crippen molar-refractivity contribution in [2.24, 2.45) is 0 Å². The average Bonchev–Trinajstić information content (AvgIpc) is 3.19. The molecule has 0 atom stereocenters. The van der Waals surface area contributed by atoms with Gasteiger partial charge in [-0.25, -0.2) is 4.79 Å². The molecule has 0 N–H and O–H groups in total. The maximum absolute atomic E-state index is 13.3. The van der Waals surface area contributed by atoms with Gasteiger partial charge in [-0.3, -0.25) is 0 Å². The number of hydrogen-bond acceptors (Lipinski definition) is 3. The van der Waals surface area contributed by atoms with Crippen LogP contribution in [0.3, 0.4) is 0 Å². The van der Waals surface area contributed by atoms with Crippen molar-refractivity contribution in [3.8, 4) is 0 Å². The molecule has 0 fully saturated rings. The normalized spacial score (nSPS) is 14.2. The third-order valence-electron chi connectivity index (χ3n) is 7.36. The molecule has 1 aliphatic rings. The number of ether oxygens (including phenoxy) is 1. The molecule has 1 aliphatic heterocycles. The molecule has 5 rings (SSSR count). The maximum Gasteiger partial charge on any atom is 0.338 e. The molecular weight excluding hydrogens is 480 g/mol. The molecule has 0 aromatic heterocycles. The van der Waals surface area contributed by atoms with Crippen molar-refractivity contribution in [2.75, 3.05) is 18.1 Å². The number of esters is 1. The summed E-state index contributed by atoms with van der Waals surface area (Å²) < 4.78 is 7.85. The Hall–Kier alpha value is -4.44. The first-order valence-corrected chi connectivity index (χ1v) is 13.6. The molecule has 4 nitrogen and oxygen atoms in total. The zero-order chi connectivity index (χ0) is 27.4. The average molecular weight is 516 g/mol. The summed E-state index contributed by atoms with van der Waals surface area (Å²) in [6.45, 7) is 9.56. The molecule has 196 valence electrons. The molecule has 0 saturated heterocycles. The first-order valence-electron chi connectivity index (χ1n) is 13.6. The van der Waals surface area contributed by atoms with Crippen LogP contribution in [0.15, 0.2) is 115 Å². The van der Waals surface area contributed by atoms with E-state index in [-0.39, 0.29) is 11.4 Å². The molecule has 39 heavy (non-hydrogen) atoms. The lowest BCUT2D eigenvalue weighted by Gasteiger charge is -2.25. The van der Waals surface area contributed by atoms with Crippen LogP contribution in [0.1, 0.15) is 38.8 Å². The number of allylic oxidation sites excluding steroid dienone is 1. The summed E-state index contributed by atoms with van der Waals surface area (Å²) in [7, 11) is 0. The Bertz CT molecular complexity index is 1480. The Morgan fingerprint density at radius 3 is 1.87 bits per heavy atom. The predicted molar refractivity (Wildman–Crippen MR) is 161 cm³/mol. The number of fused-ring (bicyclic) bond motifs is 1. The molecule has 4 aromatic carbocycles. The zero-order valence-electron chi connectivity index (χ0n) is 23.1. The van der Waals surface area contributed by atoms with E-state index in [1.54, 1.807) is 0 Å². The first-order chi connectivity index (χ1) is 19.0. The smallest absolute Gasteiger partial charge is 0.338 e. The van der Waals surface area contributed by atoms with Gasteiger partial charge in [-0.1, -0.05) is 66.7 Å². The van der Waals surface area contributed by atoms with Crippen LogP contribution in [0.2, 0.25) is 0 Å². The van der Waals surface area contributed by atoms with Crippen LogP contribution in [0, 0.1) is 0 Å². The van der Waals surface area contributed by atoms with Gasteiger partial charge in [0.15, 0.2) is 5.71 Å². The lowest BCUT2D eigenvalue weighted by atomic mass is 9.80. The molecule has 0 spiro atoms. The van der Waals surface area contributed by atoms with Crippen molar-refractivity contribution in [1.29, 1.82) is 0 Å². The first kappa shape index (κ1) is 26.2. The van der Waals surface area contributed by atoms with Crippen molar-refractivity contribution in [2.45, 2.75) is 33.1 Å². The second-order valence-electron chi connectivity index (χ2n) is 10.1. The summed E-state index contributed by atoms with van der Waals surface area (Å²) >= 11 is 0. The lowest BCUT2D eigenvalue weighted by Crippen LogP contribution is -2.28. The van der Waals surface area contributed by atoms with E-state index in [0.29, 0.717) is 12.2 Å². The van der Waals surface area contributed by atoms with Crippen molar-refractivity contribution in [3.63, 3.8) is 0 Å². The van der Waals surface area contributed by atoms with E-state index in [2.05, 4.69) is 90.9 Å². The van der Waals surface area contributed by atoms with Gasteiger partial charge in [-0.05, 0) is 69.7 Å². The minimum Gasteiger partial charge on any atom is -0.462 e. The van der Waals surface area contributed by atoms with E-state index in [0.717, 1.165) is 34.9 Å². The summed E-state index contributed by atoms with van der Waals surface area (Å²) in [6.07, 6.45) is 2.03. The minimum absolute atomic E-state index is 0.248. The number of anilines is 3. The van der Waals surface area contributed by atoms with Gasteiger partial charge < -0.3 is 9.64 Å². The Morgan fingerprint density at radius 2 is 1.31 bits per heavy atom. The summed E-state index contributed by atoms with van der Waals surface area (Å²) in [6, 6.07) is 37.3. The standard InChI is InChI=1S/C35H35N2O2/c1-5-36-32-20-14-13-19-31(32)35(3,4)33(36)25-30(34(38)39-6-2)26-21-23-29(24-22-26)37(27-15-9-7-10-16-27)28-17-11-8-12-18-28/h7-25H,5-6H2,1-4H3/q+1. The van der Waals surface area contributed by atoms with Crippen LogP contribution in [0.25, 0.3) is 5.57 Å². The molecule has 0 bridgehead atoms. The van der Waals surface area contributed by atoms with Gasteiger partial charge in [-0.15, -0.1) is 0 Å². The Kier molecular flexibility index (Phi) is 7.47. The van der Waals surface area contributed by atoms with Crippen molar-refractivity contribution in [1.82, 2.24) is 0 Å². The molecule has 0 amide bonds. The quantitative estimate of drug-likeness (QED) is 0.135. The van der Waals surface area contributed by atoms with Crippen molar-refractivity contribution >= 4 is 40.0 Å². The third kappa shape index (κ3) is 5.03. The van der Waals surface area contributed by atoms with E-state index in [1.165, 1.54) is 11.3 Å². The third-order valence-corrected chi connectivity index (χ3v) is 7.36. The van der Waals surface area contributed by atoms with Gasteiger partial charge in [0.25, 0.3) is 0 Å². The molecule has 0 unspecified atom stereocenters. The summed E-state index contributed by atoms with van der Waals surface area (Å²) in [5.74, 6) is -0.316. The van der Waals surface area contributed by atoms with E-state index >= 15 is 0 Å². The fourth-order valence-corrected chi connectivity index (χ4v) is 5.44. The maximum atomic E-state index is 13.3. The summed E-state index contributed by atoms with van der Waals surface area (Å²) in [5, 5.41) is 0. The van der Waals surface area contributed by atoms with Crippen LogP contribution in [0.5, 0.6) is 0 Å². The highest BCUT2D eigenvalue weighted by Crippen LogP contribution is 2.41. The largest absolute Gasteiger partial charge is 0.462 e. The second-order valence-corrected chi connectivity index (χ2v) is 10.1. The fourth-order valence-electron chi connectivity index (χ4n) is 5.44. The van der Waals surface area contributed by atoms with Crippen LogP contribution < -0.4 is 4.90 Å². The molecule has 1 heterocycles. The Morgan fingerprint density at radius 1 is 0.769 bits per heavy atom. The highest BCUT2D eigenvalue weighted by molar-refractivity contribution is 6.23. The van der Waals surface area contributed by atoms with Crippen LogP contribution in [-0.2, 0) is 14.9 Å². The lowest BCUT2D eigenvalue weighted by molar-refractivity contribution is -0.433.